The molecule has 0 aliphatic carbocycles. The van der Waals surface area contributed by atoms with Crippen LogP contribution in [0.5, 0.6) is 17.2 Å². The Morgan fingerprint density at radius 1 is 1.25 bits per heavy atom. The van der Waals surface area contributed by atoms with Gasteiger partial charge in [0, 0.05) is 4.47 Å². The highest BCUT2D eigenvalue weighted by Crippen LogP contribution is 2.31. The van der Waals surface area contributed by atoms with Crippen LogP contribution in [0.25, 0.3) is 0 Å². The van der Waals surface area contributed by atoms with Crippen LogP contribution in [-0.2, 0) is 4.79 Å². The summed E-state index contributed by atoms with van der Waals surface area (Å²) in [6.07, 6.45) is 0.867. The van der Waals surface area contributed by atoms with Crippen molar-refractivity contribution in [3.63, 3.8) is 0 Å². The van der Waals surface area contributed by atoms with E-state index in [1.54, 1.807) is 31.2 Å². The van der Waals surface area contributed by atoms with Crippen LogP contribution in [0.3, 0.4) is 0 Å². The van der Waals surface area contributed by atoms with Crippen LogP contribution in [0.4, 0.5) is 0 Å². The lowest BCUT2D eigenvalue weighted by molar-refractivity contribution is -0.127. The van der Waals surface area contributed by atoms with Crippen LogP contribution < -0.4 is 19.6 Å². The lowest BCUT2D eigenvalue weighted by Crippen LogP contribution is -2.33. The second-order valence-electron chi connectivity index (χ2n) is 5.06. The SMILES string of the molecule is CC(Oc1ccc(Br)cc1)C(=O)N/N=C/c1ccc2c(c1)OCO2. The van der Waals surface area contributed by atoms with Crippen molar-refractivity contribution in [3.05, 3.63) is 52.5 Å². The van der Waals surface area contributed by atoms with E-state index >= 15 is 0 Å². The predicted molar refractivity (Wildman–Crippen MR) is 92.5 cm³/mol. The van der Waals surface area contributed by atoms with Crippen molar-refractivity contribution in [2.45, 2.75) is 13.0 Å². The number of nitrogens with zero attached hydrogens (tertiary/aromatic N) is 1. The van der Waals surface area contributed by atoms with E-state index in [1.165, 1.54) is 6.21 Å². The summed E-state index contributed by atoms with van der Waals surface area (Å²) >= 11 is 3.34. The number of hydrazone groups is 1. The van der Waals surface area contributed by atoms with E-state index < -0.39 is 6.10 Å². The zero-order valence-corrected chi connectivity index (χ0v) is 14.4. The normalized spacial score (nSPS) is 13.8. The Labute approximate surface area is 147 Å². The van der Waals surface area contributed by atoms with E-state index in [0.29, 0.717) is 17.2 Å². The van der Waals surface area contributed by atoms with Gasteiger partial charge in [0.2, 0.25) is 6.79 Å². The maximum Gasteiger partial charge on any atom is 0.280 e. The number of ether oxygens (including phenoxy) is 3. The molecule has 0 aromatic heterocycles. The third-order valence-electron chi connectivity index (χ3n) is 3.28. The summed E-state index contributed by atoms with van der Waals surface area (Å²) in [5.74, 6) is 1.64. The lowest BCUT2D eigenvalue weighted by Gasteiger charge is -2.12. The van der Waals surface area contributed by atoms with E-state index in [2.05, 4.69) is 26.5 Å². The van der Waals surface area contributed by atoms with Gasteiger partial charge in [0.25, 0.3) is 5.91 Å². The van der Waals surface area contributed by atoms with Crippen molar-refractivity contribution in [3.8, 4) is 17.2 Å². The molecule has 6 nitrogen and oxygen atoms in total. The van der Waals surface area contributed by atoms with Gasteiger partial charge < -0.3 is 14.2 Å². The van der Waals surface area contributed by atoms with Gasteiger partial charge in [-0.05, 0) is 55.0 Å². The summed E-state index contributed by atoms with van der Waals surface area (Å²) < 4.78 is 17.0. The maximum atomic E-state index is 12.0. The number of fused-ring (bicyclic) bond motifs is 1. The Morgan fingerprint density at radius 2 is 2.00 bits per heavy atom. The van der Waals surface area contributed by atoms with Crippen molar-refractivity contribution in [1.29, 1.82) is 0 Å². The quantitative estimate of drug-likeness (QED) is 0.628. The van der Waals surface area contributed by atoms with E-state index in [0.717, 1.165) is 10.0 Å². The fourth-order valence-corrected chi connectivity index (χ4v) is 2.29. The fourth-order valence-electron chi connectivity index (χ4n) is 2.03. The first-order valence-electron chi connectivity index (χ1n) is 7.26. The first-order chi connectivity index (χ1) is 11.6. The van der Waals surface area contributed by atoms with Gasteiger partial charge >= 0.3 is 0 Å². The van der Waals surface area contributed by atoms with Gasteiger partial charge in [0.05, 0.1) is 6.21 Å². The van der Waals surface area contributed by atoms with Gasteiger partial charge in [-0.1, -0.05) is 15.9 Å². The second kappa shape index (κ2) is 7.35. The molecule has 1 atom stereocenters. The third-order valence-corrected chi connectivity index (χ3v) is 3.81. The molecule has 124 valence electrons. The van der Waals surface area contributed by atoms with Gasteiger partial charge in [0.15, 0.2) is 17.6 Å². The molecular weight excluding hydrogens is 376 g/mol. The van der Waals surface area contributed by atoms with Crippen molar-refractivity contribution in [2.24, 2.45) is 5.10 Å². The Hall–Kier alpha value is -2.54. The second-order valence-corrected chi connectivity index (χ2v) is 5.98. The summed E-state index contributed by atoms with van der Waals surface area (Å²) in [6.45, 7) is 1.88. The third kappa shape index (κ3) is 4.05. The van der Waals surface area contributed by atoms with Crippen LogP contribution in [0.1, 0.15) is 12.5 Å². The number of carbonyl (C=O) groups is 1. The zero-order valence-electron chi connectivity index (χ0n) is 12.9. The number of nitrogens with one attached hydrogen (secondary N) is 1. The first-order valence-corrected chi connectivity index (χ1v) is 8.06. The number of rotatable bonds is 5. The van der Waals surface area contributed by atoms with E-state index in [4.69, 9.17) is 14.2 Å². The molecule has 7 heteroatoms. The zero-order chi connectivity index (χ0) is 16.9. The molecule has 3 rings (SSSR count). The summed E-state index contributed by atoms with van der Waals surface area (Å²) in [6, 6.07) is 12.7. The fraction of sp³-hybridized carbons (Fsp3) is 0.176. The molecule has 0 radical (unpaired) electrons. The number of amides is 1. The smallest absolute Gasteiger partial charge is 0.280 e. The Kier molecular flexibility index (Phi) is 5.00. The topological polar surface area (TPSA) is 69.2 Å². The average molecular weight is 391 g/mol. The molecule has 2 aromatic carbocycles. The van der Waals surface area contributed by atoms with Crippen molar-refractivity contribution >= 4 is 28.1 Å². The number of halogens is 1. The minimum Gasteiger partial charge on any atom is -0.481 e. The maximum absolute atomic E-state index is 12.0. The molecular formula is C17H15BrN2O4. The number of carbonyl (C=O) groups excluding carboxylic acids is 1. The molecule has 0 spiro atoms. The highest BCUT2D eigenvalue weighted by atomic mass is 79.9. The average Bonchev–Trinajstić information content (AvgIpc) is 3.04. The Bertz CT molecular complexity index is 762. The largest absolute Gasteiger partial charge is 0.481 e. The molecule has 0 bridgehead atoms. The predicted octanol–water partition coefficient (Wildman–Crippen LogP) is 3.10. The molecule has 0 saturated carbocycles. The molecule has 0 saturated heterocycles. The summed E-state index contributed by atoms with van der Waals surface area (Å²) in [5, 5.41) is 3.94. The Morgan fingerprint density at radius 3 is 2.79 bits per heavy atom. The Balaban J connectivity index is 1.53. The van der Waals surface area contributed by atoms with Crippen molar-refractivity contribution in [1.82, 2.24) is 5.43 Å². The molecule has 24 heavy (non-hydrogen) atoms. The minimum absolute atomic E-state index is 0.220. The van der Waals surface area contributed by atoms with Gasteiger partial charge in [-0.3, -0.25) is 4.79 Å². The molecule has 2 aromatic rings. The summed E-state index contributed by atoms with van der Waals surface area (Å²) in [4.78, 5) is 12.0. The van der Waals surface area contributed by atoms with Crippen molar-refractivity contribution < 1.29 is 19.0 Å². The monoisotopic (exact) mass is 390 g/mol. The van der Waals surface area contributed by atoms with Gasteiger partial charge in [-0.2, -0.15) is 5.10 Å². The van der Waals surface area contributed by atoms with Crippen LogP contribution in [0.15, 0.2) is 52.0 Å². The molecule has 1 heterocycles. The van der Waals surface area contributed by atoms with Gasteiger partial charge in [-0.15, -0.1) is 0 Å². The highest BCUT2D eigenvalue weighted by molar-refractivity contribution is 9.10. The molecule has 1 amide bonds. The van der Waals surface area contributed by atoms with Crippen LogP contribution in [0, 0.1) is 0 Å². The summed E-state index contributed by atoms with van der Waals surface area (Å²) in [7, 11) is 0. The van der Waals surface area contributed by atoms with E-state index in [-0.39, 0.29) is 12.7 Å². The minimum atomic E-state index is -0.667. The first kappa shape index (κ1) is 16.3. The molecule has 1 aliphatic heterocycles. The van der Waals surface area contributed by atoms with Crippen LogP contribution in [0.2, 0.25) is 0 Å². The summed E-state index contributed by atoms with van der Waals surface area (Å²) in [5.41, 5.74) is 3.25. The highest BCUT2D eigenvalue weighted by Gasteiger charge is 2.14. The van der Waals surface area contributed by atoms with E-state index in [1.807, 2.05) is 18.2 Å². The van der Waals surface area contributed by atoms with Crippen LogP contribution in [-0.4, -0.2) is 25.0 Å². The van der Waals surface area contributed by atoms with Gasteiger partial charge in [0.1, 0.15) is 5.75 Å². The number of hydrogen-bond acceptors (Lipinski definition) is 5. The number of hydrogen-bond donors (Lipinski definition) is 1. The standard InChI is InChI=1S/C17H15BrN2O4/c1-11(24-14-5-3-13(18)4-6-14)17(21)20-19-9-12-2-7-15-16(8-12)23-10-22-15/h2-9,11H,10H2,1H3,(H,20,21)/b19-9+. The van der Waals surface area contributed by atoms with Crippen molar-refractivity contribution in [2.75, 3.05) is 6.79 Å². The molecule has 1 unspecified atom stereocenters. The molecule has 0 fully saturated rings. The van der Waals surface area contributed by atoms with E-state index in [9.17, 15) is 4.79 Å². The molecule has 1 aliphatic rings. The number of benzene rings is 2. The van der Waals surface area contributed by atoms with Crippen LogP contribution >= 0.6 is 15.9 Å². The van der Waals surface area contributed by atoms with Gasteiger partial charge in [-0.25, -0.2) is 5.43 Å². The molecule has 1 N–H and O–H groups in total. The lowest BCUT2D eigenvalue weighted by atomic mass is 10.2.